The molecule has 0 spiro atoms. The second-order valence-corrected chi connectivity index (χ2v) is 4.30. The number of fused-ring (bicyclic) bond motifs is 1. The molecule has 0 bridgehead atoms. The summed E-state index contributed by atoms with van der Waals surface area (Å²) in [4.78, 5) is 16.4. The number of furan rings is 1. The van der Waals surface area contributed by atoms with Crippen molar-refractivity contribution in [2.75, 3.05) is 0 Å². The zero-order valence-corrected chi connectivity index (χ0v) is 10.4. The van der Waals surface area contributed by atoms with Crippen LogP contribution >= 0.6 is 0 Å². The molecule has 3 aromatic rings. The SMILES string of the molecule is C[C@@H](NC(=O)c1cn2ccccc2n1)c1ccco1. The van der Waals surface area contributed by atoms with Crippen molar-refractivity contribution in [3.05, 3.63) is 60.4 Å². The van der Waals surface area contributed by atoms with E-state index in [9.17, 15) is 4.79 Å². The number of nitrogens with zero attached hydrogens (tertiary/aromatic N) is 2. The number of hydrogen-bond acceptors (Lipinski definition) is 3. The first-order valence-electron chi connectivity index (χ1n) is 6.02. The van der Waals surface area contributed by atoms with Crippen molar-refractivity contribution in [3.63, 3.8) is 0 Å². The lowest BCUT2D eigenvalue weighted by Gasteiger charge is -2.09. The van der Waals surface area contributed by atoms with Crippen molar-refractivity contribution in [1.29, 1.82) is 0 Å². The molecule has 0 unspecified atom stereocenters. The first kappa shape index (κ1) is 11.5. The number of pyridine rings is 1. The maximum atomic E-state index is 12.1. The number of imidazole rings is 1. The molecule has 1 N–H and O–H groups in total. The zero-order valence-electron chi connectivity index (χ0n) is 10.4. The molecule has 96 valence electrons. The Balaban J connectivity index is 1.80. The highest BCUT2D eigenvalue weighted by Crippen LogP contribution is 2.13. The van der Waals surface area contributed by atoms with E-state index in [2.05, 4.69) is 10.3 Å². The highest BCUT2D eigenvalue weighted by molar-refractivity contribution is 5.93. The van der Waals surface area contributed by atoms with E-state index in [1.54, 1.807) is 18.5 Å². The molecule has 0 saturated carbocycles. The smallest absolute Gasteiger partial charge is 0.272 e. The van der Waals surface area contributed by atoms with Gasteiger partial charge in [0.15, 0.2) is 0 Å². The number of carbonyl (C=O) groups excluding carboxylic acids is 1. The second-order valence-electron chi connectivity index (χ2n) is 4.30. The Hall–Kier alpha value is -2.56. The van der Waals surface area contributed by atoms with Crippen LogP contribution in [-0.2, 0) is 0 Å². The van der Waals surface area contributed by atoms with Gasteiger partial charge in [0.2, 0.25) is 0 Å². The van der Waals surface area contributed by atoms with Crippen LogP contribution in [0.4, 0.5) is 0 Å². The van der Waals surface area contributed by atoms with Crippen molar-refractivity contribution in [1.82, 2.24) is 14.7 Å². The van der Waals surface area contributed by atoms with Crippen molar-refractivity contribution >= 4 is 11.6 Å². The summed E-state index contributed by atoms with van der Waals surface area (Å²) < 4.78 is 7.06. The van der Waals surface area contributed by atoms with Gasteiger partial charge in [-0.25, -0.2) is 4.98 Å². The molecule has 0 aromatic carbocycles. The molecule has 1 amide bonds. The third-order valence-corrected chi connectivity index (χ3v) is 2.91. The maximum absolute atomic E-state index is 12.1. The number of rotatable bonds is 3. The number of carbonyl (C=O) groups is 1. The lowest BCUT2D eigenvalue weighted by Crippen LogP contribution is -2.26. The summed E-state index contributed by atoms with van der Waals surface area (Å²) in [6.45, 7) is 1.87. The quantitative estimate of drug-likeness (QED) is 0.781. The van der Waals surface area contributed by atoms with Crippen molar-refractivity contribution < 1.29 is 9.21 Å². The van der Waals surface area contributed by atoms with Crippen LogP contribution in [0.1, 0.15) is 29.2 Å². The van der Waals surface area contributed by atoms with Crippen LogP contribution < -0.4 is 5.32 Å². The Kier molecular flexibility index (Phi) is 2.79. The molecular formula is C14H13N3O2. The number of amides is 1. The molecule has 19 heavy (non-hydrogen) atoms. The van der Waals surface area contributed by atoms with Gasteiger partial charge in [-0.05, 0) is 31.2 Å². The first-order chi connectivity index (χ1) is 9.24. The van der Waals surface area contributed by atoms with Gasteiger partial charge in [-0.2, -0.15) is 0 Å². The minimum absolute atomic E-state index is 0.188. The summed E-state index contributed by atoms with van der Waals surface area (Å²) in [6.07, 6.45) is 5.15. The molecule has 0 aliphatic rings. The van der Waals surface area contributed by atoms with E-state index in [4.69, 9.17) is 4.42 Å². The minimum atomic E-state index is -0.215. The Labute approximate surface area is 109 Å². The van der Waals surface area contributed by atoms with Crippen molar-refractivity contribution in [2.24, 2.45) is 0 Å². The Bertz CT molecular complexity index is 667. The fourth-order valence-corrected chi connectivity index (χ4v) is 1.92. The standard InChI is InChI=1S/C14H13N3O2/c1-10(12-5-4-8-19-12)15-14(18)11-9-17-7-3-2-6-13(17)16-11/h2-10H,1H3,(H,15,18)/t10-/m1/s1. The summed E-state index contributed by atoms with van der Waals surface area (Å²) in [5.74, 6) is 0.504. The molecule has 5 nitrogen and oxygen atoms in total. The third kappa shape index (κ3) is 2.22. The summed E-state index contributed by atoms with van der Waals surface area (Å²) in [7, 11) is 0. The number of aromatic nitrogens is 2. The fraction of sp³-hybridized carbons (Fsp3) is 0.143. The predicted octanol–water partition coefficient (Wildman–Crippen LogP) is 2.42. The molecule has 0 radical (unpaired) electrons. The van der Waals surface area contributed by atoms with Crippen LogP contribution in [0.25, 0.3) is 5.65 Å². The molecular weight excluding hydrogens is 242 g/mol. The normalized spacial score (nSPS) is 12.5. The van der Waals surface area contributed by atoms with E-state index in [0.717, 1.165) is 11.4 Å². The predicted molar refractivity (Wildman–Crippen MR) is 69.8 cm³/mol. The minimum Gasteiger partial charge on any atom is -0.467 e. The summed E-state index contributed by atoms with van der Waals surface area (Å²) in [5, 5.41) is 2.85. The average Bonchev–Trinajstić information content (AvgIpc) is 3.07. The van der Waals surface area contributed by atoms with Crippen molar-refractivity contribution in [3.8, 4) is 0 Å². The van der Waals surface area contributed by atoms with Gasteiger partial charge in [0, 0.05) is 12.4 Å². The summed E-state index contributed by atoms with van der Waals surface area (Å²) >= 11 is 0. The van der Waals surface area contributed by atoms with Gasteiger partial charge in [0.1, 0.15) is 17.1 Å². The van der Waals surface area contributed by atoms with Gasteiger partial charge >= 0.3 is 0 Å². The van der Waals surface area contributed by atoms with Gasteiger partial charge < -0.3 is 14.1 Å². The Morgan fingerprint density at radius 3 is 3.00 bits per heavy atom. The molecule has 0 aliphatic heterocycles. The molecule has 0 fully saturated rings. The fourth-order valence-electron chi connectivity index (χ4n) is 1.92. The van der Waals surface area contributed by atoms with E-state index in [1.165, 1.54) is 0 Å². The monoisotopic (exact) mass is 255 g/mol. The van der Waals surface area contributed by atoms with Gasteiger partial charge in [0.25, 0.3) is 5.91 Å². The van der Waals surface area contributed by atoms with Crippen LogP contribution in [0.5, 0.6) is 0 Å². The van der Waals surface area contributed by atoms with Crippen LogP contribution in [0.2, 0.25) is 0 Å². The number of hydrogen-bond donors (Lipinski definition) is 1. The molecule has 5 heteroatoms. The highest BCUT2D eigenvalue weighted by Gasteiger charge is 2.15. The largest absolute Gasteiger partial charge is 0.467 e. The maximum Gasteiger partial charge on any atom is 0.272 e. The third-order valence-electron chi connectivity index (χ3n) is 2.91. The van der Waals surface area contributed by atoms with E-state index in [1.807, 2.05) is 41.8 Å². The van der Waals surface area contributed by atoms with Crippen LogP contribution in [-0.4, -0.2) is 15.3 Å². The Morgan fingerprint density at radius 2 is 2.26 bits per heavy atom. The number of nitrogens with one attached hydrogen (secondary N) is 1. The van der Waals surface area contributed by atoms with Gasteiger partial charge in [0.05, 0.1) is 12.3 Å². The van der Waals surface area contributed by atoms with E-state index >= 15 is 0 Å². The summed E-state index contributed by atoms with van der Waals surface area (Å²) in [6, 6.07) is 9.06. The van der Waals surface area contributed by atoms with Gasteiger partial charge in [-0.1, -0.05) is 6.07 Å². The Morgan fingerprint density at radius 1 is 1.37 bits per heavy atom. The average molecular weight is 255 g/mol. The van der Waals surface area contributed by atoms with E-state index < -0.39 is 0 Å². The van der Waals surface area contributed by atoms with Gasteiger partial charge in [-0.3, -0.25) is 4.79 Å². The molecule has 3 heterocycles. The van der Waals surface area contributed by atoms with Crippen molar-refractivity contribution in [2.45, 2.75) is 13.0 Å². The highest BCUT2D eigenvalue weighted by atomic mass is 16.3. The second kappa shape index (κ2) is 4.61. The molecule has 1 atom stereocenters. The van der Waals surface area contributed by atoms with Gasteiger partial charge in [-0.15, -0.1) is 0 Å². The van der Waals surface area contributed by atoms with Crippen LogP contribution in [0, 0.1) is 0 Å². The summed E-state index contributed by atoms with van der Waals surface area (Å²) in [5.41, 5.74) is 1.14. The first-order valence-corrected chi connectivity index (χ1v) is 6.02. The van der Waals surface area contributed by atoms with E-state index in [-0.39, 0.29) is 11.9 Å². The lowest BCUT2D eigenvalue weighted by molar-refractivity contribution is 0.0931. The topological polar surface area (TPSA) is 59.5 Å². The zero-order chi connectivity index (χ0) is 13.2. The van der Waals surface area contributed by atoms with Crippen LogP contribution in [0.15, 0.2) is 53.4 Å². The molecule has 0 aliphatic carbocycles. The molecule has 3 rings (SSSR count). The van der Waals surface area contributed by atoms with Crippen LogP contribution in [0.3, 0.4) is 0 Å². The molecule has 3 aromatic heterocycles. The van der Waals surface area contributed by atoms with E-state index in [0.29, 0.717) is 5.69 Å². The lowest BCUT2D eigenvalue weighted by atomic mass is 10.2. The molecule has 0 saturated heterocycles.